The molecule has 17 heavy (non-hydrogen) atoms. The first-order valence-electron chi connectivity index (χ1n) is 5.60. The largest absolute Gasteiger partial charge is 0.392 e. The van der Waals surface area contributed by atoms with Crippen molar-refractivity contribution in [3.05, 3.63) is 0 Å². The Kier molecular flexibility index (Phi) is 3.76. The number of primary amides is 1. The molecule has 0 saturated heterocycles. The number of carbonyl (C=O) groups is 2. The number of carbonyl (C=O) groups excluding carboxylic acids is 2. The molecule has 0 atom stereocenters. The summed E-state index contributed by atoms with van der Waals surface area (Å²) in [6.45, 7) is 3.50. The van der Waals surface area contributed by atoms with Crippen LogP contribution in [0.25, 0.3) is 0 Å². The molecule has 96 valence electrons. The van der Waals surface area contributed by atoms with Gasteiger partial charge in [-0.15, -0.1) is 0 Å². The number of nitrogens with two attached hydrogens (primary N) is 2. The highest BCUT2D eigenvalue weighted by atomic mass is 32.1. The Balaban J connectivity index is 2.71. The van der Waals surface area contributed by atoms with E-state index in [1.54, 1.807) is 13.8 Å². The molecule has 0 radical (unpaired) electrons. The Hall–Kier alpha value is -1.17. The number of thiocarbonyl (C=S) groups is 1. The smallest absolute Gasteiger partial charge is 0.233 e. The van der Waals surface area contributed by atoms with Gasteiger partial charge in [0, 0.05) is 12.0 Å². The molecule has 0 spiro atoms. The number of rotatable bonds is 5. The van der Waals surface area contributed by atoms with E-state index in [1.807, 2.05) is 0 Å². The summed E-state index contributed by atoms with van der Waals surface area (Å²) >= 11 is 4.96. The van der Waals surface area contributed by atoms with Crippen LogP contribution in [0.2, 0.25) is 0 Å². The molecule has 5 nitrogen and oxygen atoms in total. The molecule has 0 aromatic heterocycles. The summed E-state index contributed by atoms with van der Waals surface area (Å²) in [6, 6.07) is 0. The van der Waals surface area contributed by atoms with Gasteiger partial charge in [-0.1, -0.05) is 18.6 Å². The van der Waals surface area contributed by atoms with Gasteiger partial charge in [-0.05, 0) is 26.7 Å². The molecule has 0 aliphatic heterocycles. The lowest BCUT2D eigenvalue weighted by molar-refractivity contribution is -0.133. The topological polar surface area (TPSA) is 98.2 Å². The van der Waals surface area contributed by atoms with Crippen molar-refractivity contribution in [2.75, 3.05) is 0 Å². The van der Waals surface area contributed by atoms with Crippen LogP contribution in [0.5, 0.6) is 0 Å². The Bertz CT molecular complexity index is 362. The van der Waals surface area contributed by atoms with E-state index < -0.39 is 16.9 Å². The maximum absolute atomic E-state index is 12.2. The van der Waals surface area contributed by atoms with E-state index >= 15 is 0 Å². The molecule has 0 aromatic carbocycles. The quantitative estimate of drug-likeness (QED) is 0.613. The summed E-state index contributed by atoms with van der Waals surface area (Å²) in [7, 11) is 0. The Morgan fingerprint density at radius 2 is 1.88 bits per heavy atom. The molecule has 1 aliphatic carbocycles. The summed E-state index contributed by atoms with van der Waals surface area (Å²) in [5.41, 5.74) is 9.37. The lowest BCUT2D eigenvalue weighted by atomic mass is 9.67. The minimum absolute atomic E-state index is 0.0894. The predicted molar refractivity (Wildman–Crippen MR) is 69.1 cm³/mol. The van der Waals surface area contributed by atoms with Crippen LogP contribution < -0.4 is 16.8 Å². The van der Waals surface area contributed by atoms with Crippen LogP contribution in [0.1, 0.15) is 39.5 Å². The standard InChI is InChI=1S/C11H19N3O2S/c1-10(2,6-7(12)15)14-9(16)11(8(13)17)4-3-5-11/h3-6H2,1-2H3,(H2,12,15)(H2,13,17)(H,14,16). The number of amides is 2. The van der Waals surface area contributed by atoms with Crippen LogP contribution in [0.15, 0.2) is 0 Å². The molecular formula is C11H19N3O2S. The number of nitrogens with one attached hydrogen (secondary N) is 1. The number of hydrogen-bond donors (Lipinski definition) is 3. The van der Waals surface area contributed by atoms with Gasteiger partial charge >= 0.3 is 0 Å². The lowest BCUT2D eigenvalue weighted by Crippen LogP contribution is -2.58. The van der Waals surface area contributed by atoms with Gasteiger partial charge in [0.1, 0.15) is 0 Å². The van der Waals surface area contributed by atoms with Gasteiger partial charge < -0.3 is 16.8 Å². The fourth-order valence-corrected chi connectivity index (χ4v) is 2.32. The average molecular weight is 257 g/mol. The van der Waals surface area contributed by atoms with Gasteiger partial charge in [0.25, 0.3) is 0 Å². The van der Waals surface area contributed by atoms with Gasteiger partial charge in [0.2, 0.25) is 11.8 Å². The minimum Gasteiger partial charge on any atom is -0.392 e. The minimum atomic E-state index is -0.718. The van der Waals surface area contributed by atoms with E-state index in [9.17, 15) is 9.59 Å². The molecule has 1 rings (SSSR count). The van der Waals surface area contributed by atoms with Gasteiger partial charge in [-0.2, -0.15) is 0 Å². The van der Waals surface area contributed by atoms with E-state index in [0.717, 1.165) is 6.42 Å². The van der Waals surface area contributed by atoms with Gasteiger partial charge in [0.05, 0.1) is 10.4 Å². The zero-order valence-electron chi connectivity index (χ0n) is 10.2. The van der Waals surface area contributed by atoms with E-state index in [2.05, 4.69) is 5.32 Å². The summed E-state index contributed by atoms with van der Waals surface area (Å²) in [4.78, 5) is 23.3. The van der Waals surface area contributed by atoms with Crippen molar-refractivity contribution in [2.24, 2.45) is 16.9 Å². The molecule has 6 heteroatoms. The Morgan fingerprint density at radius 3 is 2.18 bits per heavy atom. The van der Waals surface area contributed by atoms with Crippen molar-refractivity contribution >= 4 is 29.0 Å². The SMILES string of the molecule is CC(C)(CC(N)=O)NC(=O)C1(C(N)=S)CCC1. The zero-order valence-corrected chi connectivity index (χ0v) is 11.0. The number of hydrogen-bond acceptors (Lipinski definition) is 3. The monoisotopic (exact) mass is 257 g/mol. The Morgan fingerprint density at radius 1 is 1.35 bits per heavy atom. The molecule has 2 amide bonds. The fourth-order valence-electron chi connectivity index (χ4n) is 2.02. The van der Waals surface area contributed by atoms with E-state index in [1.165, 1.54) is 0 Å². The molecular weight excluding hydrogens is 238 g/mol. The molecule has 1 saturated carbocycles. The Labute approximate surface area is 106 Å². The normalized spacial score (nSPS) is 18.0. The highest BCUT2D eigenvalue weighted by Gasteiger charge is 2.48. The second kappa shape index (κ2) is 4.60. The highest BCUT2D eigenvalue weighted by molar-refractivity contribution is 7.80. The molecule has 0 aromatic rings. The molecule has 1 fully saturated rings. The first kappa shape index (κ1) is 13.9. The lowest BCUT2D eigenvalue weighted by Gasteiger charge is -2.41. The van der Waals surface area contributed by atoms with E-state index in [0.29, 0.717) is 12.8 Å². The molecule has 1 aliphatic rings. The average Bonchev–Trinajstić information content (AvgIpc) is 1.94. The van der Waals surface area contributed by atoms with Crippen LogP contribution in [-0.4, -0.2) is 22.3 Å². The van der Waals surface area contributed by atoms with Crippen molar-refractivity contribution < 1.29 is 9.59 Å². The van der Waals surface area contributed by atoms with Crippen molar-refractivity contribution in [1.29, 1.82) is 0 Å². The summed E-state index contributed by atoms with van der Waals surface area (Å²) in [5.74, 6) is -0.643. The van der Waals surface area contributed by atoms with Crippen LogP contribution in [0, 0.1) is 5.41 Å². The second-order valence-electron chi connectivity index (χ2n) is 5.28. The maximum Gasteiger partial charge on any atom is 0.233 e. The third kappa shape index (κ3) is 2.94. The fraction of sp³-hybridized carbons (Fsp3) is 0.727. The summed E-state index contributed by atoms with van der Waals surface area (Å²) in [5, 5.41) is 2.80. The first-order chi connectivity index (χ1) is 7.69. The molecule has 0 heterocycles. The van der Waals surface area contributed by atoms with Crippen LogP contribution >= 0.6 is 12.2 Å². The summed E-state index contributed by atoms with van der Waals surface area (Å²) in [6.07, 6.45) is 2.40. The van der Waals surface area contributed by atoms with E-state index in [4.69, 9.17) is 23.7 Å². The van der Waals surface area contributed by atoms with Crippen molar-refractivity contribution in [2.45, 2.75) is 45.1 Å². The van der Waals surface area contributed by atoms with Crippen LogP contribution in [0.4, 0.5) is 0 Å². The van der Waals surface area contributed by atoms with Crippen molar-refractivity contribution in [3.63, 3.8) is 0 Å². The van der Waals surface area contributed by atoms with Crippen LogP contribution in [0.3, 0.4) is 0 Å². The predicted octanol–water partition coefficient (Wildman–Crippen LogP) is 0.213. The van der Waals surface area contributed by atoms with Crippen LogP contribution in [-0.2, 0) is 9.59 Å². The van der Waals surface area contributed by atoms with Gasteiger partial charge in [-0.25, -0.2) is 0 Å². The highest BCUT2D eigenvalue weighted by Crippen LogP contribution is 2.41. The molecule has 0 unspecified atom stereocenters. The molecule has 0 bridgehead atoms. The van der Waals surface area contributed by atoms with Crippen molar-refractivity contribution in [1.82, 2.24) is 5.32 Å². The van der Waals surface area contributed by atoms with Gasteiger partial charge in [0.15, 0.2) is 0 Å². The third-order valence-electron chi connectivity index (χ3n) is 3.18. The maximum atomic E-state index is 12.2. The van der Waals surface area contributed by atoms with Crippen molar-refractivity contribution in [3.8, 4) is 0 Å². The molecule has 5 N–H and O–H groups in total. The zero-order chi connectivity index (χ0) is 13.3. The summed E-state index contributed by atoms with van der Waals surface area (Å²) < 4.78 is 0. The van der Waals surface area contributed by atoms with E-state index in [-0.39, 0.29) is 17.3 Å². The first-order valence-corrected chi connectivity index (χ1v) is 6.01. The van der Waals surface area contributed by atoms with Gasteiger partial charge in [-0.3, -0.25) is 9.59 Å². The third-order valence-corrected chi connectivity index (χ3v) is 3.57. The second-order valence-corrected chi connectivity index (χ2v) is 5.72.